The van der Waals surface area contributed by atoms with E-state index in [1.165, 1.54) is 19.2 Å². The van der Waals surface area contributed by atoms with E-state index in [0.29, 0.717) is 5.82 Å². The summed E-state index contributed by atoms with van der Waals surface area (Å²) in [4.78, 5) is 7.37. The third-order valence-electron chi connectivity index (χ3n) is 1.75. The lowest BCUT2D eigenvalue weighted by Crippen LogP contribution is -2.34. The van der Waals surface area contributed by atoms with Gasteiger partial charge in [-0.05, 0) is 24.6 Å². The fraction of sp³-hybridized carbons (Fsp3) is 0.500. The molecule has 0 fully saturated rings. The van der Waals surface area contributed by atoms with Crippen LogP contribution in [0.3, 0.4) is 0 Å². The zero-order valence-electron chi connectivity index (χ0n) is 7.76. The Morgan fingerprint density at radius 2 is 2.21 bits per heavy atom. The second-order valence-corrected chi connectivity index (χ2v) is 3.37. The minimum absolute atomic E-state index is 0.0293. The maximum atomic E-state index is 12.8. The van der Waals surface area contributed by atoms with Crippen LogP contribution in [0.1, 0.15) is 13.8 Å². The lowest BCUT2D eigenvalue weighted by Gasteiger charge is -2.20. The molecule has 0 spiro atoms. The molecular weight excluding hydrogens is 212 g/mol. The van der Waals surface area contributed by atoms with E-state index in [9.17, 15) is 8.78 Å². The number of anilines is 1. The molecule has 0 aromatic carbocycles. The van der Waals surface area contributed by atoms with Crippen molar-refractivity contribution in [3.63, 3.8) is 0 Å². The molecule has 14 heavy (non-hydrogen) atoms. The van der Waals surface area contributed by atoms with Gasteiger partial charge in [-0.1, -0.05) is 0 Å². The molecule has 0 radical (unpaired) electrons. The van der Waals surface area contributed by atoms with Crippen molar-refractivity contribution in [1.29, 1.82) is 0 Å². The number of hydrogen-bond donors (Lipinski definition) is 1. The van der Waals surface area contributed by atoms with Gasteiger partial charge in [0.25, 0.3) is 5.92 Å². The maximum Gasteiger partial charge on any atom is 0.264 e. The standard InChI is InChI=1S/C8H10ClF2N3/c1-5(8(2,10)11)13-6-3-4-12-7(9)14-6/h3-5H,1-2H3,(H,12,13,14). The molecule has 1 rings (SSSR count). The van der Waals surface area contributed by atoms with Crippen LogP contribution in [-0.4, -0.2) is 21.9 Å². The van der Waals surface area contributed by atoms with Crippen LogP contribution in [0.4, 0.5) is 14.6 Å². The van der Waals surface area contributed by atoms with Gasteiger partial charge in [0.1, 0.15) is 5.82 Å². The Balaban J connectivity index is 2.70. The van der Waals surface area contributed by atoms with Gasteiger partial charge in [-0.3, -0.25) is 0 Å². The highest BCUT2D eigenvalue weighted by atomic mass is 35.5. The van der Waals surface area contributed by atoms with E-state index in [0.717, 1.165) is 6.92 Å². The quantitative estimate of drug-likeness (QED) is 0.798. The van der Waals surface area contributed by atoms with Gasteiger partial charge in [-0.25, -0.2) is 18.7 Å². The lowest BCUT2D eigenvalue weighted by molar-refractivity contribution is 0.00688. The van der Waals surface area contributed by atoms with E-state index in [4.69, 9.17) is 11.6 Å². The van der Waals surface area contributed by atoms with Crippen LogP contribution in [0.2, 0.25) is 5.28 Å². The normalized spacial score (nSPS) is 13.8. The smallest absolute Gasteiger partial charge is 0.264 e. The van der Waals surface area contributed by atoms with Crippen molar-refractivity contribution in [2.75, 3.05) is 5.32 Å². The summed E-state index contributed by atoms with van der Waals surface area (Å²) < 4.78 is 25.5. The van der Waals surface area contributed by atoms with Crippen molar-refractivity contribution < 1.29 is 8.78 Å². The van der Waals surface area contributed by atoms with E-state index in [1.54, 1.807) is 0 Å². The lowest BCUT2D eigenvalue weighted by atomic mass is 10.2. The third kappa shape index (κ3) is 3.06. The highest BCUT2D eigenvalue weighted by molar-refractivity contribution is 6.28. The second kappa shape index (κ2) is 4.04. The predicted octanol–water partition coefficient (Wildman–Crippen LogP) is 2.59. The van der Waals surface area contributed by atoms with Gasteiger partial charge in [0.15, 0.2) is 0 Å². The van der Waals surface area contributed by atoms with Crippen LogP contribution < -0.4 is 5.32 Å². The number of nitrogens with one attached hydrogen (secondary N) is 1. The van der Waals surface area contributed by atoms with Crippen LogP contribution >= 0.6 is 11.6 Å². The average Bonchev–Trinajstić information content (AvgIpc) is 2.02. The molecule has 0 aliphatic carbocycles. The average molecular weight is 222 g/mol. The van der Waals surface area contributed by atoms with Crippen molar-refractivity contribution in [1.82, 2.24) is 9.97 Å². The molecule has 3 nitrogen and oxygen atoms in total. The molecule has 0 aliphatic heterocycles. The molecule has 1 unspecified atom stereocenters. The fourth-order valence-corrected chi connectivity index (χ4v) is 0.911. The molecule has 6 heteroatoms. The monoisotopic (exact) mass is 221 g/mol. The Kier molecular flexibility index (Phi) is 3.21. The Labute approximate surface area is 85.5 Å². The molecule has 78 valence electrons. The minimum atomic E-state index is -2.81. The molecule has 1 aromatic rings. The maximum absolute atomic E-state index is 12.8. The summed E-state index contributed by atoms with van der Waals surface area (Å²) in [6, 6.07) is 0.474. The second-order valence-electron chi connectivity index (χ2n) is 3.03. The van der Waals surface area contributed by atoms with E-state index in [2.05, 4.69) is 15.3 Å². The zero-order chi connectivity index (χ0) is 10.8. The Hall–Kier alpha value is -0.970. The van der Waals surface area contributed by atoms with Crippen molar-refractivity contribution in [2.45, 2.75) is 25.8 Å². The van der Waals surface area contributed by atoms with Crippen molar-refractivity contribution in [3.05, 3.63) is 17.5 Å². The summed E-state index contributed by atoms with van der Waals surface area (Å²) >= 11 is 5.49. The molecule has 0 aliphatic rings. The van der Waals surface area contributed by atoms with Gasteiger partial charge >= 0.3 is 0 Å². The first kappa shape index (κ1) is 11.1. The van der Waals surface area contributed by atoms with Crippen LogP contribution in [-0.2, 0) is 0 Å². The molecule has 0 bridgehead atoms. The van der Waals surface area contributed by atoms with E-state index < -0.39 is 12.0 Å². The van der Waals surface area contributed by atoms with Gasteiger partial charge in [-0.15, -0.1) is 0 Å². The first-order chi connectivity index (χ1) is 6.39. The molecule has 0 amide bonds. The number of nitrogens with zero attached hydrogens (tertiary/aromatic N) is 2. The molecule has 0 saturated carbocycles. The van der Waals surface area contributed by atoms with Gasteiger partial charge in [0, 0.05) is 13.1 Å². The Morgan fingerprint density at radius 3 is 2.71 bits per heavy atom. The van der Waals surface area contributed by atoms with Gasteiger partial charge in [0.05, 0.1) is 6.04 Å². The number of aromatic nitrogens is 2. The van der Waals surface area contributed by atoms with Crippen LogP contribution in [0.5, 0.6) is 0 Å². The molecule has 0 saturated heterocycles. The van der Waals surface area contributed by atoms with Crippen molar-refractivity contribution >= 4 is 17.4 Å². The largest absolute Gasteiger partial charge is 0.361 e. The van der Waals surface area contributed by atoms with Gasteiger partial charge < -0.3 is 5.32 Å². The zero-order valence-corrected chi connectivity index (χ0v) is 8.52. The molecular formula is C8H10ClF2N3. The van der Waals surface area contributed by atoms with Gasteiger partial charge in [-0.2, -0.15) is 0 Å². The Bertz CT molecular complexity index is 314. The minimum Gasteiger partial charge on any atom is -0.361 e. The number of hydrogen-bond acceptors (Lipinski definition) is 3. The first-order valence-electron chi connectivity index (χ1n) is 4.02. The highest BCUT2D eigenvalue weighted by Gasteiger charge is 2.30. The molecule has 1 atom stereocenters. The summed E-state index contributed by atoms with van der Waals surface area (Å²) in [5.74, 6) is -2.52. The summed E-state index contributed by atoms with van der Waals surface area (Å²) in [7, 11) is 0. The van der Waals surface area contributed by atoms with E-state index >= 15 is 0 Å². The van der Waals surface area contributed by atoms with Crippen molar-refractivity contribution in [3.8, 4) is 0 Å². The third-order valence-corrected chi connectivity index (χ3v) is 1.93. The summed E-state index contributed by atoms with van der Waals surface area (Å²) in [6.07, 6.45) is 1.40. The summed E-state index contributed by atoms with van der Waals surface area (Å²) in [6.45, 7) is 2.21. The van der Waals surface area contributed by atoms with Crippen LogP contribution in [0, 0.1) is 0 Å². The van der Waals surface area contributed by atoms with Gasteiger partial charge in [0.2, 0.25) is 5.28 Å². The van der Waals surface area contributed by atoms with Crippen molar-refractivity contribution in [2.24, 2.45) is 0 Å². The topological polar surface area (TPSA) is 37.8 Å². The number of alkyl halides is 2. The highest BCUT2D eigenvalue weighted by Crippen LogP contribution is 2.20. The van der Waals surface area contributed by atoms with Crippen LogP contribution in [0.25, 0.3) is 0 Å². The number of halogens is 3. The Morgan fingerprint density at radius 1 is 1.57 bits per heavy atom. The van der Waals surface area contributed by atoms with Crippen LogP contribution in [0.15, 0.2) is 12.3 Å². The molecule has 1 aromatic heterocycles. The SMILES string of the molecule is CC(Nc1ccnc(Cl)n1)C(C)(F)F. The fourth-order valence-electron chi connectivity index (χ4n) is 0.764. The summed E-state index contributed by atoms with van der Waals surface area (Å²) in [5, 5.41) is 2.57. The first-order valence-corrected chi connectivity index (χ1v) is 4.40. The predicted molar refractivity (Wildman–Crippen MR) is 50.7 cm³/mol. The summed E-state index contributed by atoms with van der Waals surface area (Å²) in [5.41, 5.74) is 0. The molecule has 1 heterocycles. The molecule has 1 N–H and O–H groups in total. The van der Waals surface area contributed by atoms with E-state index in [-0.39, 0.29) is 5.28 Å². The van der Waals surface area contributed by atoms with E-state index in [1.807, 2.05) is 0 Å². The number of rotatable bonds is 3.